The summed E-state index contributed by atoms with van der Waals surface area (Å²) in [5.41, 5.74) is -0.873. The molecule has 0 aliphatic heterocycles. The van der Waals surface area contributed by atoms with Crippen molar-refractivity contribution in [3.63, 3.8) is 0 Å². The average molecular weight is 347 g/mol. The highest BCUT2D eigenvalue weighted by Gasteiger charge is 2.20. The number of nitrogens with zero attached hydrogens (tertiary/aromatic N) is 2. The van der Waals surface area contributed by atoms with Gasteiger partial charge in [-0.1, -0.05) is 6.07 Å². The van der Waals surface area contributed by atoms with Crippen LogP contribution < -0.4 is 5.32 Å². The summed E-state index contributed by atoms with van der Waals surface area (Å²) in [4.78, 5) is 0.847. The van der Waals surface area contributed by atoms with Crippen LogP contribution in [0.3, 0.4) is 0 Å². The molecule has 0 radical (unpaired) electrons. The molecule has 2 aromatic rings. The van der Waals surface area contributed by atoms with Gasteiger partial charge in [-0.2, -0.15) is 5.10 Å². The Morgan fingerprint density at radius 3 is 2.64 bits per heavy atom. The highest BCUT2D eigenvalue weighted by molar-refractivity contribution is 7.80. The highest BCUT2D eigenvalue weighted by Crippen LogP contribution is 2.24. The van der Waals surface area contributed by atoms with Crippen molar-refractivity contribution in [2.75, 3.05) is 12.4 Å². The highest BCUT2D eigenvalue weighted by atomic mass is 32.1. The first kappa shape index (κ1) is 16.4. The van der Waals surface area contributed by atoms with Gasteiger partial charge in [-0.05, 0) is 23.7 Å². The Morgan fingerprint density at radius 1 is 1.27 bits per heavy atom. The Labute approximate surface area is 132 Å². The standard InChI is InChI=1S/C13H9F4N3S2/c1-20(18-6-7-3-2-4-22-7)13(21)19-12-9(15)5-8(14)10(16)11(12)17/h2-6H,1H3,(H,19,21)/b18-6+. The van der Waals surface area contributed by atoms with Crippen molar-refractivity contribution in [2.45, 2.75) is 0 Å². The van der Waals surface area contributed by atoms with Gasteiger partial charge >= 0.3 is 0 Å². The number of anilines is 1. The molecule has 0 aliphatic carbocycles. The van der Waals surface area contributed by atoms with Crippen LogP contribution in [0.5, 0.6) is 0 Å². The predicted octanol–water partition coefficient (Wildman–Crippen LogP) is 3.97. The fourth-order valence-electron chi connectivity index (χ4n) is 1.43. The summed E-state index contributed by atoms with van der Waals surface area (Å²) in [5.74, 6) is -6.38. The van der Waals surface area contributed by atoms with Gasteiger partial charge < -0.3 is 5.32 Å². The molecule has 3 nitrogen and oxygen atoms in total. The molecule has 1 heterocycles. The minimum atomic E-state index is -1.78. The van der Waals surface area contributed by atoms with E-state index in [4.69, 9.17) is 12.2 Å². The van der Waals surface area contributed by atoms with E-state index >= 15 is 0 Å². The number of nitrogens with one attached hydrogen (secondary N) is 1. The second kappa shape index (κ2) is 6.84. The van der Waals surface area contributed by atoms with E-state index in [1.165, 1.54) is 24.6 Å². The summed E-state index contributed by atoms with van der Waals surface area (Å²) in [6, 6.07) is 3.88. The summed E-state index contributed by atoms with van der Waals surface area (Å²) in [6.45, 7) is 0. The van der Waals surface area contributed by atoms with Gasteiger partial charge in [-0.15, -0.1) is 11.3 Å². The number of thiophene rings is 1. The lowest BCUT2D eigenvalue weighted by Crippen LogP contribution is -2.27. The summed E-state index contributed by atoms with van der Waals surface area (Å²) < 4.78 is 53.0. The maximum atomic E-state index is 13.5. The van der Waals surface area contributed by atoms with Crippen molar-refractivity contribution in [1.29, 1.82) is 0 Å². The zero-order valence-corrected chi connectivity index (χ0v) is 12.7. The molecule has 0 unspecified atom stereocenters. The summed E-state index contributed by atoms with van der Waals surface area (Å²) in [6.07, 6.45) is 1.50. The lowest BCUT2D eigenvalue weighted by Gasteiger charge is -2.16. The zero-order valence-electron chi connectivity index (χ0n) is 11.1. The fourth-order valence-corrected chi connectivity index (χ4v) is 2.16. The third-order valence-corrected chi connectivity index (χ3v) is 3.71. The SMILES string of the molecule is CN(/N=C/c1cccs1)C(=S)Nc1c(F)cc(F)c(F)c1F. The molecule has 1 N–H and O–H groups in total. The van der Waals surface area contributed by atoms with Crippen LogP contribution in [0.15, 0.2) is 28.7 Å². The quantitative estimate of drug-likeness (QED) is 0.227. The monoisotopic (exact) mass is 347 g/mol. The fraction of sp³-hybridized carbons (Fsp3) is 0.0769. The zero-order chi connectivity index (χ0) is 16.3. The van der Waals surface area contributed by atoms with Gasteiger partial charge in [-0.25, -0.2) is 22.6 Å². The maximum Gasteiger partial charge on any atom is 0.196 e. The molecule has 0 bridgehead atoms. The molecule has 22 heavy (non-hydrogen) atoms. The topological polar surface area (TPSA) is 27.6 Å². The van der Waals surface area contributed by atoms with Gasteiger partial charge in [0.25, 0.3) is 0 Å². The van der Waals surface area contributed by atoms with E-state index in [1.807, 2.05) is 17.5 Å². The van der Waals surface area contributed by atoms with Crippen molar-refractivity contribution in [2.24, 2.45) is 5.10 Å². The number of hydrazone groups is 1. The van der Waals surface area contributed by atoms with Crippen LogP contribution in [0.25, 0.3) is 0 Å². The van der Waals surface area contributed by atoms with Crippen molar-refractivity contribution < 1.29 is 17.6 Å². The Morgan fingerprint density at radius 2 is 2.00 bits per heavy atom. The van der Waals surface area contributed by atoms with E-state index < -0.39 is 29.0 Å². The number of rotatable bonds is 3. The number of halogens is 4. The van der Waals surface area contributed by atoms with Gasteiger partial charge in [0.1, 0.15) is 5.69 Å². The van der Waals surface area contributed by atoms with E-state index in [0.717, 1.165) is 9.89 Å². The second-order valence-electron chi connectivity index (χ2n) is 4.06. The van der Waals surface area contributed by atoms with E-state index in [1.54, 1.807) is 0 Å². The van der Waals surface area contributed by atoms with Crippen molar-refractivity contribution >= 4 is 40.6 Å². The molecule has 0 amide bonds. The molecule has 0 atom stereocenters. The molecule has 9 heteroatoms. The van der Waals surface area contributed by atoms with Crippen LogP contribution in [0.1, 0.15) is 4.88 Å². The molecule has 0 aliphatic rings. The first-order valence-corrected chi connectivity index (χ1v) is 7.14. The molecule has 116 valence electrons. The van der Waals surface area contributed by atoms with Gasteiger partial charge in [0.15, 0.2) is 28.4 Å². The molecule has 1 aromatic heterocycles. The average Bonchev–Trinajstić information content (AvgIpc) is 3.00. The van der Waals surface area contributed by atoms with Gasteiger partial charge in [0, 0.05) is 18.0 Å². The first-order valence-electron chi connectivity index (χ1n) is 5.85. The number of benzene rings is 1. The van der Waals surface area contributed by atoms with Crippen LogP contribution in [0.2, 0.25) is 0 Å². The van der Waals surface area contributed by atoms with Crippen molar-refractivity contribution in [3.05, 3.63) is 51.7 Å². The van der Waals surface area contributed by atoms with Gasteiger partial charge in [0.2, 0.25) is 0 Å². The molecular formula is C13H9F4N3S2. The molecular weight excluding hydrogens is 338 g/mol. The van der Waals surface area contributed by atoms with Crippen LogP contribution in [-0.2, 0) is 0 Å². The van der Waals surface area contributed by atoms with Gasteiger partial charge in [0.05, 0.1) is 6.21 Å². The van der Waals surface area contributed by atoms with E-state index in [0.29, 0.717) is 0 Å². The number of hydrogen-bond donors (Lipinski definition) is 1. The van der Waals surface area contributed by atoms with Gasteiger partial charge in [-0.3, -0.25) is 0 Å². The Bertz CT molecular complexity index is 717. The summed E-state index contributed by atoms with van der Waals surface area (Å²) >= 11 is 6.34. The lowest BCUT2D eigenvalue weighted by molar-refractivity contribution is 0.437. The summed E-state index contributed by atoms with van der Waals surface area (Å²) in [5, 5.41) is 8.93. The van der Waals surface area contributed by atoms with Crippen molar-refractivity contribution in [3.8, 4) is 0 Å². The molecule has 0 saturated carbocycles. The van der Waals surface area contributed by atoms with Crippen LogP contribution in [0, 0.1) is 23.3 Å². The van der Waals surface area contributed by atoms with Crippen molar-refractivity contribution in [1.82, 2.24) is 5.01 Å². The van der Waals surface area contributed by atoms with Crippen LogP contribution in [0.4, 0.5) is 23.2 Å². The van der Waals surface area contributed by atoms with E-state index in [-0.39, 0.29) is 11.2 Å². The molecule has 1 aromatic carbocycles. The maximum absolute atomic E-state index is 13.5. The number of thiocarbonyl (C=S) groups is 1. The Balaban J connectivity index is 2.14. The molecule has 0 fully saturated rings. The minimum absolute atomic E-state index is 0.184. The third kappa shape index (κ3) is 3.60. The summed E-state index contributed by atoms with van der Waals surface area (Å²) in [7, 11) is 1.44. The smallest absolute Gasteiger partial charge is 0.196 e. The lowest BCUT2D eigenvalue weighted by atomic mass is 10.2. The van der Waals surface area contributed by atoms with E-state index in [2.05, 4.69) is 10.4 Å². The largest absolute Gasteiger partial charge is 0.326 e. The molecule has 0 saturated heterocycles. The van der Waals surface area contributed by atoms with Crippen LogP contribution >= 0.6 is 23.6 Å². The second-order valence-corrected chi connectivity index (χ2v) is 5.42. The normalized spacial score (nSPS) is 11.0. The number of hydrogen-bond acceptors (Lipinski definition) is 3. The molecule has 0 spiro atoms. The Hall–Kier alpha value is -2.00. The minimum Gasteiger partial charge on any atom is -0.326 e. The van der Waals surface area contributed by atoms with Crippen LogP contribution in [-0.4, -0.2) is 23.4 Å². The van der Waals surface area contributed by atoms with E-state index in [9.17, 15) is 17.6 Å². The first-order chi connectivity index (χ1) is 10.4. The molecule has 2 rings (SSSR count). The third-order valence-electron chi connectivity index (χ3n) is 2.54. The predicted molar refractivity (Wildman–Crippen MR) is 82.2 cm³/mol. The Kier molecular flexibility index (Phi) is 5.09.